The lowest BCUT2D eigenvalue weighted by Crippen LogP contribution is -2.56. The third kappa shape index (κ3) is 9.99. The van der Waals surface area contributed by atoms with Gasteiger partial charge >= 0.3 is 18.0 Å². The van der Waals surface area contributed by atoms with Gasteiger partial charge in [0.25, 0.3) is 0 Å². The van der Waals surface area contributed by atoms with Crippen LogP contribution in [0.1, 0.15) is 33.1 Å². The Morgan fingerprint density at radius 1 is 1.00 bits per heavy atom. The molecule has 0 aliphatic heterocycles. The van der Waals surface area contributed by atoms with Crippen molar-refractivity contribution in [2.75, 3.05) is 6.54 Å². The molecule has 0 aromatic rings. The number of nitrogens with one attached hydrogen (secondary N) is 3. The van der Waals surface area contributed by atoms with Crippen LogP contribution in [-0.2, 0) is 19.2 Å². The molecule has 0 bridgehead atoms. The van der Waals surface area contributed by atoms with E-state index in [4.69, 9.17) is 16.6 Å². The van der Waals surface area contributed by atoms with E-state index in [-0.39, 0.29) is 19.4 Å². The first kappa shape index (κ1) is 24.1. The van der Waals surface area contributed by atoms with Gasteiger partial charge in [0, 0.05) is 6.54 Å². The van der Waals surface area contributed by atoms with E-state index in [1.165, 1.54) is 0 Å². The fourth-order valence-electron chi connectivity index (χ4n) is 2.11. The van der Waals surface area contributed by atoms with Gasteiger partial charge < -0.3 is 37.6 Å². The molecule has 0 unspecified atom stereocenters. The second-order valence-electron chi connectivity index (χ2n) is 6.27. The number of urea groups is 1. The summed E-state index contributed by atoms with van der Waals surface area (Å²) < 4.78 is 0. The zero-order chi connectivity index (χ0) is 21.1. The zero-order valence-electron chi connectivity index (χ0n) is 15.2. The Morgan fingerprint density at radius 3 is 2.04 bits per heavy atom. The topological polar surface area (TPSA) is 214 Å². The quantitative estimate of drug-likeness (QED) is 0.184. The van der Waals surface area contributed by atoms with Crippen LogP contribution >= 0.6 is 0 Å². The smallest absolute Gasteiger partial charge is 0.326 e. The van der Waals surface area contributed by atoms with Crippen LogP contribution in [-0.4, -0.2) is 64.7 Å². The van der Waals surface area contributed by atoms with Crippen LogP contribution < -0.4 is 27.4 Å². The van der Waals surface area contributed by atoms with E-state index in [0.29, 0.717) is 0 Å². The van der Waals surface area contributed by atoms with Gasteiger partial charge in [0.1, 0.15) is 12.1 Å². The number of carbonyl (C=O) groups excluding carboxylic acids is 3. The normalized spacial score (nSPS) is 13.9. The largest absolute Gasteiger partial charge is 0.481 e. The van der Waals surface area contributed by atoms with E-state index in [9.17, 15) is 29.1 Å². The summed E-state index contributed by atoms with van der Waals surface area (Å²) in [7, 11) is 0. The summed E-state index contributed by atoms with van der Waals surface area (Å²) >= 11 is 0. The van der Waals surface area contributed by atoms with Crippen molar-refractivity contribution >= 4 is 29.8 Å². The standard InChI is InChI=1S/C15H27N5O7/c1-7(2)11(20-12(23)8(16)6-10(21)22)13(24)19-9(14(25)26)4-3-5-18-15(17)27/h7-9,11H,3-6,16H2,1-2H3,(H,19,24)(H,20,23)(H,21,22)(H,25,26)(H3,17,18,27)/t8-,9-,11-/m0/s1. The molecule has 0 aliphatic rings. The monoisotopic (exact) mass is 389 g/mol. The molecule has 4 amide bonds. The molecule has 3 atom stereocenters. The Morgan fingerprint density at radius 2 is 1.59 bits per heavy atom. The number of hydrogen-bond acceptors (Lipinski definition) is 6. The van der Waals surface area contributed by atoms with Crippen molar-refractivity contribution in [2.24, 2.45) is 17.4 Å². The number of primary amides is 1. The summed E-state index contributed by atoms with van der Waals surface area (Å²) in [4.78, 5) is 56.8. The molecule has 0 saturated heterocycles. The minimum atomic E-state index is -1.34. The van der Waals surface area contributed by atoms with Gasteiger partial charge in [-0.1, -0.05) is 13.8 Å². The highest BCUT2D eigenvalue weighted by Gasteiger charge is 2.30. The van der Waals surface area contributed by atoms with Crippen molar-refractivity contribution < 1.29 is 34.2 Å². The summed E-state index contributed by atoms with van der Waals surface area (Å²) in [6, 6.07) is -4.42. The average Bonchev–Trinajstić information content (AvgIpc) is 2.53. The maximum Gasteiger partial charge on any atom is 0.326 e. The van der Waals surface area contributed by atoms with Gasteiger partial charge in [0.15, 0.2) is 0 Å². The first-order chi connectivity index (χ1) is 12.5. The molecule has 27 heavy (non-hydrogen) atoms. The Hall–Kier alpha value is -2.89. The van der Waals surface area contributed by atoms with Gasteiger partial charge in [-0.15, -0.1) is 0 Å². The van der Waals surface area contributed by atoms with Crippen molar-refractivity contribution in [3.05, 3.63) is 0 Å². The zero-order valence-corrected chi connectivity index (χ0v) is 15.2. The predicted octanol–water partition coefficient (Wildman–Crippen LogP) is -2.05. The molecule has 0 aromatic heterocycles. The van der Waals surface area contributed by atoms with E-state index in [1.807, 2.05) is 0 Å². The third-order valence-electron chi connectivity index (χ3n) is 3.56. The molecule has 0 spiro atoms. The molecule has 0 rings (SSSR count). The summed E-state index contributed by atoms with van der Waals surface area (Å²) in [5.41, 5.74) is 10.4. The molecule has 12 heteroatoms. The molecule has 0 aliphatic carbocycles. The van der Waals surface area contributed by atoms with Crippen LogP contribution in [0.5, 0.6) is 0 Å². The first-order valence-corrected chi connectivity index (χ1v) is 8.29. The molecule has 0 fully saturated rings. The van der Waals surface area contributed by atoms with E-state index in [2.05, 4.69) is 16.0 Å². The maximum absolute atomic E-state index is 12.4. The lowest BCUT2D eigenvalue weighted by Gasteiger charge is -2.25. The van der Waals surface area contributed by atoms with Crippen molar-refractivity contribution in [1.29, 1.82) is 0 Å². The van der Waals surface area contributed by atoms with Gasteiger partial charge in [-0.05, 0) is 18.8 Å². The number of aliphatic carboxylic acids is 2. The number of carboxylic acids is 2. The van der Waals surface area contributed by atoms with Crippen LogP contribution in [0.2, 0.25) is 0 Å². The second-order valence-corrected chi connectivity index (χ2v) is 6.27. The number of carboxylic acid groups (broad SMARTS) is 2. The molecule has 0 heterocycles. The van der Waals surface area contributed by atoms with Gasteiger partial charge in [-0.3, -0.25) is 14.4 Å². The highest BCUT2D eigenvalue weighted by molar-refractivity contribution is 5.93. The number of hydrogen-bond donors (Lipinski definition) is 7. The Kier molecular flexibility index (Phi) is 10.4. The fourth-order valence-corrected chi connectivity index (χ4v) is 2.11. The van der Waals surface area contributed by atoms with Crippen molar-refractivity contribution in [3.8, 4) is 0 Å². The Labute approximate surface area is 156 Å². The number of nitrogens with two attached hydrogens (primary N) is 2. The van der Waals surface area contributed by atoms with Crippen LogP contribution in [0.3, 0.4) is 0 Å². The Balaban J connectivity index is 4.86. The van der Waals surface area contributed by atoms with Crippen LogP contribution in [0.4, 0.5) is 4.79 Å². The SMILES string of the molecule is CC(C)[C@H](NC(=O)[C@@H](N)CC(=O)O)C(=O)N[C@@H](CCCNC(N)=O)C(=O)O. The summed E-state index contributed by atoms with van der Waals surface area (Å²) in [5.74, 6) is -4.52. The Bertz CT molecular complexity index is 567. The van der Waals surface area contributed by atoms with Crippen molar-refractivity contribution in [3.63, 3.8) is 0 Å². The maximum atomic E-state index is 12.4. The van der Waals surface area contributed by atoms with Crippen molar-refractivity contribution in [2.45, 2.75) is 51.2 Å². The van der Waals surface area contributed by atoms with Gasteiger partial charge in [-0.2, -0.15) is 0 Å². The number of rotatable bonds is 12. The molecule has 0 aromatic carbocycles. The fraction of sp³-hybridized carbons (Fsp3) is 0.667. The molecule has 154 valence electrons. The average molecular weight is 389 g/mol. The van der Waals surface area contributed by atoms with Crippen LogP contribution in [0, 0.1) is 5.92 Å². The summed E-state index contributed by atoms with van der Waals surface area (Å²) in [6.07, 6.45) is -0.329. The number of amides is 4. The summed E-state index contributed by atoms with van der Waals surface area (Å²) in [5, 5.41) is 24.8. The predicted molar refractivity (Wildman–Crippen MR) is 93.4 cm³/mol. The number of carbonyl (C=O) groups is 5. The molecule has 9 N–H and O–H groups in total. The molecule has 0 radical (unpaired) electrons. The molecular weight excluding hydrogens is 362 g/mol. The minimum absolute atomic E-state index is 0.0264. The van der Waals surface area contributed by atoms with E-state index in [0.717, 1.165) is 0 Å². The lowest BCUT2D eigenvalue weighted by molar-refractivity contribution is -0.143. The highest BCUT2D eigenvalue weighted by Crippen LogP contribution is 2.05. The van der Waals surface area contributed by atoms with Gasteiger partial charge in [0.2, 0.25) is 11.8 Å². The van der Waals surface area contributed by atoms with Crippen molar-refractivity contribution in [1.82, 2.24) is 16.0 Å². The third-order valence-corrected chi connectivity index (χ3v) is 3.56. The minimum Gasteiger partial charge on any atom is -0.481 e. The molecule has 0 saturated carbocycles. The first-order valence-electron chi connectivity index (χ1n) is 8.29. The van der Waals surface area contributed by atoms with Gasteiger partial charge in [0.05, 0.1) is 12.5 Å². The molecular formula is C15H27N5O7. The highest BCUT2D eigenvalue weighted by atomic mass is 16.4. The van der Waals surface area contributed by atoms with Crippen LogP contribution in [0.25, 0.3) is 0 Å². The van der Waals surface area contributed by atoms with E-state index >= 15 is 0 Å². The van der Waals surface area contributed by atoms with E-state index < -0.39 is 60.2 Å². The lowest BCUT2D eigenvalue weighted by atomic mass is 10.0. The summed E-state index contributed by atoms with van der Waals surface area (Å²) in [6.45, 7) is 3.39. The van der Waals surface area contributed by atoms with Gasteiger partial charge in [-0.25, -0.2) is 9.59 Å². The molecule has 12 nitrogen and oxygen atoms in total. The second kappa shape index (κ2) is 11.7. The van der Waals surface area contributed by atoms with E-state index in [1.54, 1.807) is 13.8 Å². The van der Waals surface area contributed by atoms with Crippen LogP contribution in [0.15, 0.2) is 0 Å².